The van der Waals surface area contributed by atoms with E-state index in [9.17, 15) is 4.79 Å². The number of hydrogen-bond donors (Lipinski definition) is 0. The lowest BCUT2D eigenvalue weighted by atomic mass is 9.99. The zero-order valence-corrected chi connectivity index (χ0v) is 13.2. The molecule has 1 fully saturated rings. The van der Waals surface area contributed by atoms with Gasteiger partial charge in [0.1, 0.15) is 0 Å². The molecular formula is C15H17BrN4O. The van der Waals surface area contributed by atoms with E-state index in [1.807, 2.05) is 34.0 Å². The van der Waals surface area contributed by atoms with Gasteiger partial charge in [-0.05, 0) is 18.1 Å². The van der Waals surface area contributed by atoms with Crippen LogP contribution in [0.25, 0.3) is 0 Å². The summed E-state index contributed by atoms with van der Waals surface area (Å²) in [5.41, 5.74) is 1.19. The lowest BCUT2D eigenvalue weighted by Crippen LogP contribution is -2.51. The predicted octanol–water partition coefficient (Wildman–Crippen LogP) is 2.13. The van der Waals surface area contributed by atoms with E-state index < -0.39 is 0 Å². The Morgan fingerprint density at radius 3 is 2.86 bits per heavy atom. The summed E-state index contributed by atoms with van der Waals surface area (Å²) in [7, 11) is 0. The van der Waals surface area contributed by atoms with Crippen LogP contribution in [0.4, 0.5) is 0 Å². The summed E-state index contributed by atoms with van der Waals surface area (Å²) in [6, 6.07) is 8.06. The molecule has 2 aromatic rings. The van der Waals surface area contributed by atoms with Crippen molar-refractivity contribution in [1.29, 1.82) is 0 Å². The average Bonchev–Trinajstić information content (AvgIpc) is 2.94. The number of amides is 1. The van der Waals surface area contributed by atoms with Crippen LogP contribution >= 0.6 is 15.9 Å². The van der Waals surface area contributed by atoms with Crippen molar-refractivity contribution < 1.29 is 4.79 Å². The smallest absolute Gasteiger partial charge is 0.222 e. The van der Waals surface area contributed by atoms with Crippen LogP contribution in [0.3, 0.4) is 0 Å². The fourth-order valence-corrected chi connectivity index (χ4v) is 3.07. The molecule has 0 aliphatic carbocycles. The van der Waals surface area contributed by atoms with Crippen molar-refractivity contribution in [3.63, 3.8) is 0 Å². The van der Waals surface area contributed by atoms with E-state index in [4.69, 9.17) is 0 Å². The molecule has 0 atom stereocenters. The first-order valence-electron chi connectivity index (χ1n) is 7.07. The Hall–Kier alpha value is -1.69. The highest BCUT2D eigenvalue weighted by Gasteiger charge is 2.30. The summed E-state index contributed by atoms with van der Waals surface area (Å²) in [5.74, 6) is 0.736. The lowest BCUT2D eigenvalue weighted by Gasteiger charge is -2.39. The lowest BCUT2D eigenvalue weighted by molar-refractivity contribution is -0.137. The second-order valence-electron chi connectivity index (χ2n) is 5.38. The minimum absolute atomic E-state index is 0.237. The monoisotopic (exact) mass is 348 g/mol. The van der Waals surface area contributed by atoms with Gasteiger partial charge in [0, 0.05) is 42.6 Å². The van der Waals surface area contributed by atoms with Gasteiger partial charge >= 0.3 is 0 Å². The number of carbonyl (C=O) groups is 1. The SMILES string of the molecule is O=C(CCc1ccccc1Br)N1CC(Cn2ccnn2)C1. The third-order valence-electron chi connectivity index (χ3n) is 3.79. The highest BCUT2D eigenvalue weighted by atomic mass is 79.9. The van der Waals surface area contributed by atoms with E-state index in [0.29, 0.717) is 12.3 Å². The maximum atomic E-state index is 12.1. The Labute approximate surface area is 132 Å². The highest BCUT2D eigenvalue weighted by Crippen LogP contribution is 2.21. The normalized spacial score (nSPS) is 15.0. The number of carbonyl (C=O) groups excluding carboxylic acids is 1. The molecule has 1 amide bonds. The summed E-state index contributed by atoms with van der Waals surface area (Å²) in [4.78, 5) is 14.1. The number of likely N-dealkylation sites (tertiary alicyclic amines) is 1. The van der Waals surface area contributed by atoms with Crippen LogP contribution in [0.2, 0.25) is 0 Å². The summed E-state index contributed by atoms with van der Waals surface area (Å²) in [5, 5.41) is 7.74. The van der Waals surface area contributed by atoms with Gasteiger partial charge in [-0.15, -0.1) is 5.10 Å². The molecule has 0 spiro atoms. The van der Waals surface area contributed by atoms with Crippen molar-refractivity contribution in [2.75, 3.05) is 13.1 Å². The molecule has 1 aliphatic rings. The molecule has 110 valence electrons. The second-order valence-corrected chi connectivity index (χ2v) is 6.24. The molecule has 0 unspecified atom stereocenters. The maximum Gasteiger partial charge on any atom is 0.222 e. The minimum Gasteiger partial charge on any atom is -0.342 e. The Kier molecular flexibility index (Phi) is 4.34. The van der Waals surface area contributed by atoms with Gasteiger partial charge in [0.15, 0.2) is 0 Å². The molecule has 2 heterocycles. The van der Waals surface area contributed by atoms with Crippen LogP contribution in [0.1, 0.15) is 12.0 Å². The van der Waals surface area contributed by atoms with Gasteiger partial charge in [0.05, 0.1) is 6.20 Å². The molecule has 6 heteroatoms. The van der Waals surface area contributed by atoms with Gasteiger partial charge in [-0.2, -0.15) is 0 Å². The molecule has 5 nitrogen and oxygen atoms in total. The number of aromatic nitrogens is 3. The van der Waals surface area contributed by atoms with Crippen molar-refractivity contribution in [3.05, 3.63) is 46.7 Å². The first-order chi connectivity index (χ1) is 10.2. The van der Waals surface area contributed by atoms with E-state index in [1.165, 1.54) is 5.56 Å². The van der Waals surface area contributed by atoms with Crippen molar-refractivity contribution in [2.24, 2.45) is 5.92 Å². The maximum absolute atomic E-state index is 12.1. The Balaban J connectivity index is 1.42. The van der Waals surface area contributed by atoms with E-state index >= 15 is 0 Å². The molecule has 1 aromatic heterocycles. The van der Waals surface area contributed by atoms with Gasteiger partial charge in [0.25, 0.3) is 0 Å². The molecule has 1 saturated heterocycles. The van der Waals surface area contributed by atoms with E-state index in [2.05, 4.69) is 32.3 Å². The number of rotatable bonds is 5. The minimum atomic E-state index is 0.237. The fraction of sp³-hybridized carbons (Fsp3) is 0.400. The zero-order valence-electron chi connectivity index (χ0n) is 11.7. The summed E-state index contributed by atoms with van der Waals surface area (Å²) in [6.07, 6.45) is 4.89. The molecule has 1 aromatic carbocycles. The van der Waals surface area contributed by atoms with Gasteiger partial charge in [0.2, 0.25) is 5.91 Å². The topological polar surface area (TPSA) is 51.0 Å². The van der Waals surface area contributed by atoms with Gasteiger partial charge in [-0.1, -0.05) is 39.3 Å². The Morgan fingerprint density at radius 2 is 2.14 bits per heavy atom. The molecule has 0 N–H and O–H groups in total. The van der Waals surface area contributed by atoms with Crippen LogP contribution in [0.5, 0.6) is 0 Å². The molecule has 1 aliphatic heterocycles. The first kappa shape index (κ1) is 14.3. The number of hydrogen-bond acceptors (Lipinski definition) is 3. The highest BCUT2D eigenvalue weighted by molar-refractivity contribution is 9.10. The van der Waals surface area contributed by atoms with Crippen molar-refractivity contribution in [1.82, 2.24) is 19.9 Å². The number of aryl methyl sites for hydroxylation is 1. The van der Waals surface area contributed by atoms with E-state index in [-0.39, 0.29) is 5.91 Å². The third-order valence-corrected chi connectivity index (χ3v) is 4.57. The Bertz CT molecular complexity index is 608. The summed E-state index contributed by atoms with van der Waals surface area (Å²) in [6.45, 7) is 2.50. The molecule has 0 radical (unpaired) electrons. The van der Waals surface area contributed by atoms with E-state index in [0.717, 1.165) is 30.5 Å². The average molecular weight is 349 g/mol. The fourth-order valence-electron chi connectivity index (χ4n) is 2.58. The number of halogens is 1. The summed E-state index contributed by atoms with van der Waals surface area (Å²) >= 11 is 3.52. The van der Waals surface area contributed by atoms with Crippen LogP contribution in [0.15, 0.2) is 41.1 Å². The Morgan fingerprint density at radius 1 is 1.33 bits per heavy atom. The zero-order chi connectivity index (χ0) is 14.7. The number of benzene rings is 1. The van der Waals surface area contributed by atoms with Crippen LogP contribution in [0, 0.1) is 5.92 Å². The van der Waals surface area contributed by atoms with Crippen LogP contribution in [-0.4, -0.2) is 38.9 Å². The van der Waals surface area contributed by atoms with Crippen LogP contribution < -0.4 is 0 Å². The van der Waals surface area contributed by atoms with Crippen molar-refractivity contribution >= 4 is 21.8 Å². The third kappa shape index (κ3) is 3.50. The summed E-state index contributed by atoms with van der Waals surface area (Å²) < 4.78 is 2.90. The largest absolute Gasteiger partial charge is 0.342 e. The van der Waals surface area contributed by atoms with Gasteiger partial charge in [-0.25, -0.2) is 0 Å². The van der Waals surface area contributed by atoms with E-state index in [1.54, 1.807) is 6.20 Å². The molecule has 3 rings (SSSR count). The first-order valence-corrected chi connectivity index (χ1v) is 7.87. The van der Waals surface area contributed by atoms with Crippen molar-refractivity contribution in [2.45, 2.75) is 19.4 Å². The van der Waals surface area contributed by atoms with Gasteiger partial charge in [-0.3, -0.25) is 9.48 Å². The second kappa shape index (κ2) is 6.39. The quantitative estimate of drug-likeness (QED) is 0.831. The van der Waals surface area contributed by atoms with Crippen molar-refractivity contribution in [3.8, 4) is 0 Å². The molecule has 0 saturated carbocycles. The predicted molar refractivity (Wildman–Crippen MR) is 82.6 cm³/mol. The van der Waals surface area contributed by atoms with Gasteiger partial charge < -0.3 is 4.90 Å². The number of nitrogens with zero attached hydrogens (tertiary/aromatic N) is 4. The standard InChI is InChI=1S/C15H17BrN4O/c16-14-4-2-1-3-13(14)5-6-15(21)19-9-12(10-19)11-20-8-7-17-18-20/h1-4,7-8,12H,5-6,9-11H2. The molecule has 21 heavy (non-hydrogen) atoms. The molecular weight excluding hydrogens is 332 g/mol. The molecule has 0 bridgehead atoms. The van der Waals surface area contributed by atoms with Crippen LogP contribution in [-0.2, 0) is 17.8 Å².